The van der Waals surface area contributed by atoms with E-state index in [4.69, 9.17) is 0 Å². The molecule has 2 heteroatoms. The second-order valence-electron chi connectivity index (χ2n) is 2.88. The average molecular weight is 166 g/mol. The van der Waals surface area contributed by atoms with Crippen LogP contribution in [0.25, 0.3) is 0 Å². The first-order valence-electron chi connectivity index (χ1n) is 3.44. The van der Waals surface area contributed by atoms with Crippen LogP contribution in [0, 0.1) is 6.07 Å². The Kier molecular flexibility index (Phi) is 2.35. The van der Waals surface area contributed by atoms with Gasteiger partial charge in [0, 0.05) is 23.6 Å². The predicted molar refractivity (Wildman–Crippen MR) is 46.4 cm³/mol. The van der Waals surface area contributed by atoms with Crippen LogP contribution in [-0.4, -0.2) is 0 Å². The second-order valence-corrected chi connectivity index (χ2v) is 4.07. The van der Waals surface area contributed by atoms with E-state index in [-0.39, 0.29) is 4.75 Å². The number of hydrogen-bond donors (Lipinski definition) is 0. The van der Waals surface area contributed by atoms with Crippen LogP contribution < -0.4 is 0 Å². The minimum Gasteiger partial charge on any atom is -0.0539 e. The molecule has 0 saturated carbocycles. The van der Waals surface area contributed by atoms with Crippen LogP contribution in [-0.2, 0) is 20.6 Å². The summed E-state index contributed by atoms with van der Waals surface area (Å²) in [6.07, 6.45) is 0. The molecule has 0 unspecified atom stereocenters. The normalized spacial score (nSPS) is 11.1. The molecule has 0 aromatic heterocycles. The minimum atomic E-state index is -0.324. The summed E-state index contributed by atoms with van der Waals surface area (Å²) in [7, 11) is 0. The maximum Gasteiger partial charge on any atom is 0.469 e. The Labute approximate surface area is 70.9 Å². The molecule has 0 heterocycles. The first-order valence-corrected chi connectivity index (χ1v) is 4.18. The van der Waals surface area contributed by atoms with Crippen molar-refractivity contribution in [2.24, 2.45) is 0 Å². The van der Waals surface area contributed by atoms with Gasteiger partial charge in [-0.15, -0.1) is 0 Å². The lowest BCUT2D eigenvalue weighted by atomic mass is 10.0. The van der Waals surface area contributed by atoms with Gasteiger partial charge in [0.25, 0.3) is 4.75 Å². The first-order chi connectivity index (χ1) is 5.17. The standard InChI is InChI=1S/C9H10OS/c1-9(2,11-10)8-6-4-3-5-7-8/h4-7H,1-2H3/q+1. The van der Waals surface area contributed by atoms with E-state index in [2.05, 4.69) is 6.07 Å². The van der Waals surface area contributed by atoms with Crippen molar-refractivity contribution in [3.8, 4) is 0 Å². The Hall–Kier alpha value is -0.760. The highest BCUT2D eigenvalue weighted by Gasteiger charge is 2.34. The molecule has 0 amide bonds. The highest BCUT2D eigenvalue weighted by atomic mass is 32.1. The van der Waals surface area contributed by atoms with Gasteiger partial charge in [0.15, 0.2) is 0 Å². The van der Waals surface area contributed by atoms with Crippen LogP contribution in [0.15, 0.2) is 24.3 Å². The van der Waals surface area contributed by atoms with Gasteiger partial charge in [-0.1, -0.05) is 24.3 Å². The average Bonchev–Trinajstić information content (AvgIpc) is 2.06. The Bertz CT molecular complexity index is 241. The molecule has 1 radical (unpaired) electrons. The van der Waals surface area contributed by atoms with Crippen molar-refractivity contribution in [1.29, 1.82) is 0 Å². The molecular weight excluding hydrogens is 156 g/mol. The molecule has 0 bridgehead atoms. The molecule has 1 nitrogen and oxygen atoms in total. The van der Waals surface area contributed by atoms with E-state index in [1.54, 1.807) is 0 Å². The van der Waals surface area contributed by atoms with Crippen molar-refractivity contribution in [1.82, 2.24) is 0 Å². The maximum absolute atomic E-state index is 10.7. The molecule has 1 aromatic carbocycles. The smallest absolute Gasteiger partial charge is 0.0539 e. The lowest BCUT2D eigenvalue weighted by Crippen LogP contribution is -2.14. The van der Waals surface area contributed by atoms with Crippen LogP contribution in [0.3, 0.4) is 0 Å². The fourth-order valence-electron chi connectivity index (χ4n) is 0.836. The van der Waals surface area contributed by atoms with Gasteiger partial charge in [-0.05, 0) is 6.07 Å². The molecule has 0 aliphatic carbocycles. The molecule has 0 N–H and O–H groups in total. The molecule has 0 spiro atoms. The molecular formula is C9H10OS+. The van der Waals surface area contributed by atoms with Crippen LogP contribution >= 0.6 is 0 Å². The predicted octanol–water partition coefficient (Wildman–Crippen LogP) is 2.15. The van der Waals surface area contributed by atoms with Crippen molar-refractivity contribution >= 4 is 11.7 Å². The summed E-state index contributed by atoms with van der Waals surface area (Å²) in [5.41, 5.74) is 1.05. The number of rotatable bonds is 2. The van der Waals surface area contributed by atoms with Crippen molar-refractivity contribution in [2.75, 3.05) is 0 Å². The summed E-state index contributed by atoms with van der Waals surface area (Å²) >= 11 is 0.616. The summed E-state index contributed by atoms with van der Waals surface area (Å²) in [6.45, 7) is 3.83. The van der Waals surface area contributed by atoms with Gasteiger partial charge in [0.2, 0.25) is 0 Å². The van der Waals surface area contributed by atoms with Gasteiger partial charge in [-0.25, -0.2) is 0 Å². The summed E-state index contributed by atoms with van der Waals surface area (Å²) < 4.78 is 10.3. The van der Waals surface area contributed by atoms with E-state index in [0.29, 0.717) is 11.7 Å². The van der Waals surface area contributed by atoms with Crippen LogP contribution in [0.2, 0.25) is 0 Å². The highest BCUT2D eigenvalue weighted by Crippen LogP contribution is 2.21. The van der Waals surface area contributed by atoms with Gasteiger partial charge in [0.1, 0.15) is 0 Å². The lowest BCUT2D eigenvalue weighted by molar-refractivity contribution is 0.584. The zero-order valence-electron chi connectivity index (χ0n) is 6.63. The minimum absolute atomic E-state index is 0.324. The summed E-state index contributed by atoms with van der Waals surface area (Å²) in [5.74, 6) is 0. The van der Waals surface area contributed by atoms with E-state index in [0.717, 1.165) is 5.56 Å². The fraction of sp³-hybridized carbons (Fsp3) is 0.333. The number of benzene rings is 1. The molecule has 57 valence electrons. The summed E-state index contributed by atoms with van der Waals surface area (Å²) in [6, 6.07) is 10.4. The Morgan fingerprint density at radius 2 is 1.91 bits per heavy atom. The zero-order chi connectivity index (χ0) is 8.32. The molecule has 1 aromatic rings. The molecule has 0 aliphatic rings. The Morgan fingerprint density at radius 3 is 2.36 bits per heavy atom. The summed E-state index contributed by atoms with van der Waals surface area (Å²) in [5, 5.41) is 0. The second kappa shape index (κ2) is 3.09. The monoisotopic (exact) mass is 166 g/mol. The SMILES string of the molecule is CC(C)([S+]=O)c1cc[c]cc1. The van der Waals surface area contributed by atoms with Crippen LogP contribution in [0.1, 0.15) is 19.4 Å². The van der Waals surface area contributed by atoms with Crippen LogP contribution in [0.5, 0.6) is 0 Å². The van der Waals surface area contributed by atoms with E-state index < -0.39 is 0 Å². The molecule has 0 atom stereocenters. The third-order valence-electron chi connectivity index (χ3n) is 1.62. The van der Waals surface area contributed by atoms with Crippen molar-refractivity contribution in [3.63, 3.8) is 0 Å². The number of hydrogen-bond acceptors (Lipinski definition) is 1. The topological polar surface area (TPSA) is 17.1 Å². The fourth-order valence-corrected chi connectivity index (χ4v) is 1.07. The quantitative estimate of drug-likeness (QED) is 0.615. The molecule has 1 rings (SSSR count). The third-order valence-corrected chi connectivity index (χ3v) is 2.27. The third kappa shape index (κ3) is 1.84. The van der Waals surface area contributed by atoms with Gasteiger partial charge < -0.3 is 0 Å². The van der Waals surface area contributed by atoms with Crippen molar-refractivity contribution < 1.29 is 4.21 Å². The highest BCUT2D eigenvalue weighted by molar-refractivity contribution is 7.66. The Morgan fingerprint density at radius 1 is 1.36 bits per heavy atom. The molecule has 0 saturated heterocycles. The lowest BCUT2D eigenvalue weighted by Gasteiger charge is -2.03. The molecule has 0 aliphatic heterocycles. The van der Waals surface area contributed by atoms with Crippen molar-refractivity contribution in [3.05, 3.63) is 35.9 Å². The Balaban J connectivity index is 3.02. The summed E-state index contributed by atoms with van der Waals surface area (Å²) in [4.78, 5) is 0. The van der Waals surface area contributed by atoms with Gasteiger partial charge in [-0.2, -0.15) is 0 Å². The largest absolute Gasteiger partial charge is 0.469 e. The maximum atomic E-state index is 10.7. The van der Waals surface area contributed by atoms with Gasteiger partial charge >= 0.3 is 11.7 Å². The first kappa shape index (κ1) is 8.34. The molecule has 0 fully saturated rings. The van der Waals surface area contributed by atoms with Gasteiger partial charge in [0.05, 0.1) is 0 Å². The van der Waals surface area contributed by atoms with E-state index in [9.17, 15) is 4.21 Å². The van der Waals surface area contributed by atoms with Gasteiger partial charge in [-0.3, -0.25) is 0 Å². The molecule has 11 heavy (non-hydrogen) atoms. The van der Waals surface area contributed by atoms with Crippen LogP contribution in [0.4, 0.5) is 0 Å². The van der Waals surface area contributed by atoms with E-state index >= 15 is 0 Å². The van der Waals surface area contributed by atoms with E-state index in [1.807, 2.05) is 38.1 Å². The van der Waals surface area contributed by atoms with Crippen molar-refractivity contribution in [2.45, 2.75) is 18.6 Å². The zero-order valence-corrected chi connectivity index (χ0v) is 7.44. The van der Waals surface area contributed by atoms with E-state index in [1.165, 1.54) is 0 Å².